The molecule has 2 aliphatic rings. The highest BCUT2D eigenvalue weighted by Gasteiger charge is 2.39. The van der Waals surface area contributed by atoms with E-state index in [9.17, 15) is 19.7 Å². The topological polar surface area (TPSA) is 105 Å². The fourth-order valence-corrected chi connectivity index (χ4v) is 4.17. The molecule has 0 bridgehead atoms. The number of anilines is 2. The smallest absolute Gasteiger partial charge is 0.278 e. The quantitative estimate of drug-likeness (QED) is 0.342. The van der Waals surface area contributed by atoms with Crippen LogP contribution >= 0.6 is 0 Å². The van der Waals surface area contributed by atoms with Gasteiger partial charge in [0.2, 0.25) is 0 Å². The fourth-order valence-electron chi connectivity index (χ4n) is 4.17. The number of imide groups is 1. The summed E-state index contributed by atoms with van der Waals surface area (Å²) < 4.78 is 5.53. The van der Waals surface area contributed by atoms with Gasteiger partial charge in [0.15, 0.2) is 0 Å². The zero-order valence-corrected chi connectivity index (χ0v) is 19.3. The van der Waals surface area contributed by atoms with Crippen molar-refractivity contribution < 1.29 is 19.2 Å². The number of ether oxygens (including phenoxy) is 1. The molecule has 0 aromatic heterocycles. The van der Waals surface area contributed by atoms with Crippen LogP contribution in [0.15, 0.2) is 54.2 Å². The first-order valence-electron chi connectivity index (χ1n) is 11.4. The molecule has 178 valence electrons. The molecule has 2 heterocycles. The van der Waals surface area contributed by atoms with E-state index >= 15 is 0 Å². The van der Waals surface area contributed by atoms with E-state index in [0.29, 0.717) is 11.3 Å². The number of non-ortho nitro benzene ring substituents is 1. The number of amides is 2. The van der Waals surface area contributed by atoms with E-state index in [1.165, 1.54) is 37.1 Å². The molecular formula is C25H28N4O5. The summed E-state index contributed by atoms with van der Waals surface area (Å²) >= 11 is 0. The summed E-state index contributed by atoms with van der Waals surface area (Å²) in [6, 6.07) is 13.4. The van der Waals surface area contributed by atoms with Gasteiger partial charge < -0.3 is 15.0 Å². The number of benzene rings is 2. The summed E-state index contributed by atoms with van der Waals surface area (Å²) in [4.78, 5) is 40.5. The predicted octanol–water partition coefficient (Wildman–Crippen LogP) is 3.81. The van der Waals surface area contributed by atoms with Gasteiger partial charge in [0.05, 0.1) is 29.8 Å². The molecule has 1 fully saturated rings. The van der Waals surface area contributed by atoms with Crippen molar-refractivity contribution in [1.29, 1.82) is 0 Å². The normalized spacial score (nSPS) is 16.2. The van der Waals surface area contributed by atoms with Gasteiger partial charge in [0.25, 0.3) is 17.5 Å². The minimum absolute atomic E-state index is 0.0263. The maximum absolute atomic E-state index is 13.3. The van der Waals surface area contributed by atoms with Crippen LogP contribution in [0.4, 0.5) is 17.1 Å². The van der Waals surface area contributed by atoms with Crippen LogP contribution in [-0.2, 0) is 14.3 Å². The van der Waals surface area contributed by atoms with Gasteiger partial charge in [-0.1, -0.05) is 0 Å². The zero-order valence-electron chi connectivity index (χ0n) is 19.3. The van der Waals surface area contributed by atoms with E-state index in [4.69, 9.17) is 4.74 Å². The third kappa shape index (κ3) is 4.94. The van der Waals surface area contributed by atoms with E-state index in [1.807, 2.05) is 38.1 Å². The summed E-state index contributed by atoms with van der Waals surface area (Å²) in [5, 5.41) is 14.2. The molecule has 0 spiro atoms. The van der Waals surface area contributed by atoms with E-state index in [2.05, 4.69) is 10.2 Å². The Morgan fingerprint density at radius 1 is 1.00 bits per heavy atom. The number of nitro groups is 1. The summed E-state index contributed by atoms with van der Waals surface area (Å²) in [5.41, 5.74) is 2.49. The SMILES string of the molecule is CC(C)OCCN1C(=O)C(Nc2ccc(N3CCCC3)cc2)=C(c2ccc([N+](=O)[O-])cc2)C1=O. The first kappa shape index (κ1) is 23.4. The number of nitrogens with one attached hydrogen (secondary N) is 1. The average Bonchev–Trinajstić information content (AvgIpc) is 3.43. The van der Waals surface area contributed by atoms with Gasteiger partial charge in [0.1, 0.15) is 5.70 Å². The molecule has 0 unspecified atom stereocenters. The summed E-state index contributed by atoms with van der Waals surface area (Å²) in [6.45, 7) is 6.16. The van der Waals surface area contributed by atoms with Crippen molar-refractivity contribution in [2.45, 2.75) is 32.8 Å². The van der Waals surface area contributed by atoms with Crippen molar-refractivity contribution in [3.05, 3.63) is 69.9 Å². The first-order chi connectivity index (χ1) is 16.3. The van der Waals surface area contributed by atoms with Crippen molar-refractivity contribution in [2.75, 3.05) is 36.5 Å². The Labute approximate surface area is 198 Å². The third-order valence-electron chi connectivity index (χ3n) is 5.91. The minimum atomic E-state index is -0.504. The average molecular weight is 465 g/mol. The van der Waals surface area contributed by atoms with Crippen LogP contribution in [0, 0.1) is 10.1 Å². The number of carbonyl (C=O) groups excluding carboxylic acids is 2. The van der Waals surface area contributed by atoms with Crippen LogP contribution in [0.1, 0.15) is 32.3 Å². The molecule has 9 nitrogen and oxygen atoms in total. The molecule has 0 radical (unpaired) electrons. The second kappa shape index (κ2) is 10.0. The lowest BCUT2D eigenvalue weighted by atomic mass is 10.0. The number of nitrogens with zero attached hydrogens (tertiary/aromatic N) is 3. The molecule has 2 amide bonds. The molecule has 2 aliphatic heterocycles. The number of hydrogen-bond acceptors (Lipinski definition) is 7. The van der Waals surface area contributed by atoms with Gasteiger partial charge in [-0.3, -0.25) is 24.6 Å². The molecule has 9 heteroatoms. The Hall–Kier alpha value is -3.72. The van der Waals surface area contributed by atoms with Crippen LogP contribution in [-0.4, -0.2) is 54.0 Å². The van der Waals surface area contributed by atoms with Crippen molar-refractivity contribution in [3.63, 3.8) is 0 Å². The molecule has 0 saturated carbocycles. The lowest BCUT2D eigenvalue weighted by Crippen LogP contribution is -2.35. The summed E-state index contributed by atoms with van der Waals surface area (Å²) in [5.74, 6) is -0.906. The lowest BCUT2D eigenvalue weighted by Gasteiger charge is -2.18. The molecular weight excluding hydrogens is 436 g/mol. The van der Waals surface area contributed by atoms with Crippen LogP contribution in [0.2, 0.25) is 0 Å². The van der Waals surface area contributed by atoms with Crippen molar-refractivity contribution >= 4 is 34.4 Å². The van der Waals surface area contributed by atoms with E-state index in [1.54, 1.807) is 0 Å². The molecule has 4 rings (SSSR count). The molecule has 34 heavy (non-hydrogen) atoms. The molecule has 1 saturated heterocycles. The Balaban J connectivity index is 1.62. The first-order valence-corrected chi connectivity index (χ1v) is 11.4. The Bertz CT molecular complexity index is 1100. The van der Waals surface area contributed by atoms with E-state index in [-0.39, 0.29) is 36.2 Å². The van der Waals surface area contributed by atoms with Gasteiger partial charge in [-0.2, -0.15) is 0 Å². The van der Waals surface area contributed by atoms with Crippen LogP contribution in [0.3, 0.4) is 0 Å². The van der Waals surface area contributed by atoms with Crippen LogP contribution < -0.4 is 10.2 Å². The van der Waals surface area contributed by atoms with E-state index in [0.717, 1.165) is 23.7 Å². The van der Waals surface area contributed by atoms with Gasteiger partial charge in [0, 0.05) is 36.6 Å². The minimum Gasteiger partial charge on any atom is -0.377 e. The van der Waals surface area contributed by atoms with Crippen molar-refractivity contribution in [3.8, 4) is 0 Å². The molecule has 1 N–H and O–H groups in total. The number of rotatable bonds is 9. The Morgan fingerprint density at radius 2 is 1.65 bits per heavy atom. The van der Waals surface area contributed by atoms with Crippen LogP contribution in [0.5, 0.6) is 0 Å². The van der Waals surface area contributed by atoms with Gasteiger partial charge in [-0.25, -0.2) is 0 Å². The highest BCUT2D eigenvalue weighted by molar-refractivity contribution is 6.36. The molecule has 0 aliphatic carbocycles. The van der Waals surface area contributed by atoms with E-state index < -0.39 is 16.7 Å². The van der Waals surface area contributed by atoms with Gasteiger partial charge in [-0.15, -0.1) is 0 Å². The largest absolute Gasteiger partial charge is 0.377 e. The van der Waals surface area contributed by atoms with Crippen LogP contribution in [0.25, 0.3) is 5.57 Å². The zero-order chi connectivity index (χ0) is 24.2. The van der Waals surface area contributed by atoms with Crippen molar-refractivity contribution in [1.82, 2.24) is 4.90 Å². The fraction of sp³-hybridized carbons (Fsp3) is 0.360. The standard InChI is InChI=1S/C25H28N4O5/c1-17(2)34-16-15-28-24(30)22(18-5-9-21(10-6-18)29(32)33)23(25(28)31)26-19-7-11-20(12-8-19)27-13-3-4-14-27/h5-12,17,26H,3-4,13-16H2,1-2H3. The molecule has 2 aromatic carbocycles. The number of nitro benzene ring substituents is 1. The predicted molar refractivity (Wildman–Crippen MR) is 129 cm³/mol. The van der Waals surface area contributed by atoms with Crippen molar-refractivity contribution in [2.24, 2.45) is 0 Å². The number of carbonyl (C=O) groups is 2. The molecule has 0 atom stereocenters. The maximum Gasteiger partial charge on any atom is 0.278 e. The second-order valence-corrected chi connectivity index (χ2v) is 8.60. The highest BCUT2D eigenvalue weighted by Crippen LogP contribution is 2.32. The third-order valence-corrected chi connectivity index (χ3v) is 5.91. The lowest BCUT2D eigenvalue weighted by molar-refractivity contribution is -0.384. The Morgan fingerprint density at radius 3 is 2.24 bits per heavy atom. The summed E-state index contributed by atoms with van der Waals surface area (Å²) in [6.07, 6.45) is 2.33. The highest BCUT2D eigenvalue weighted by atomic mass is 16.6. The maximum atomic E-state index is 13.3. The molecule has 2 aromatic rings. The number of hydrogen-bond donors (Lipinski definition) is 1. The Kier molecular flexibility index (Phi) is 6.93. The second-order valence-electron chi connectivity index (χ2n) is 8.60. The van der Waals surface area contributed by atoms with Gasteiger partial charge in [-0.05, 0) is 68.7 Å². The monoisotopic (exact) mass is 464 g/mol. The van der Waals surface area contributed by atoms with Gasteiger partial charge >= 0.3 is 0 Å². The summed E-state index contributed by atoms with van der Waals surface area (Å²) in [7, 11) is 0.